The van der Waals surface area contributed by atoms with Gasteiger partial charge in [0.2, 0.25) is 11.8 Å². The number of nitrogens with zero attached hydrogens (tertiary/aromatic N) is 4. The van der Waals surface area contributed by atoms with Crippen molar-refractivity contribution in [3.8, 4) is 11.9 Å². The lowest BCUT2D eigenvalue weighted by molar-refractivity contribution is -0.147. The molecule has 2 saturated heterocycles. The zero-order valence-electron chi connectivity index (χ0n) is 17.8. The van der Waals surface area contributed by atoms with E-state index in [4.69, 9.17) is 17.0 Å². The molecule has 0 radical (unpaired) electrons. The second kappa shape index (κ2) is 7.70. The van der Waals surface area contributed by atoms with Crippen molar-refractivity contribution in [3.63, 3.8) is 0 Å². The van der Waals surface area contributed by atoms with Gasteiger partial charge < -0.3 is 14.5 Å². The summed E-state index contributed by atoms with van der Waals surface area (Å²) in [6.07, 6.45) is 1.77. The Kier molecular flexibility index (Phi) is 5.86. The number of likely N-dealkylation sites (N-methyl/N-ethyl adjacent to an activating group) is 1. The summed E-state index contributed by atoms with van der Waals surface area (Å²) in [5.41, 5.74) is -0.339. The van der Waals surface area contributed by atoms with Crippen LogP contribution in [0.2, 0.25) is 0 Å². The number of rotatable bonds is 3. The Morgan fingerprint density at radius 1 is 1.37 bits per heavy atom. The summed E-state index contributed by atoms with van der Waals surface area (Å²) in [6, 6.07) is 5.22. The van der Waals surface area contributed by atoms with Crippen molar-refractivity contribution in [2.75, 3.05) is 21.2 Å². The molecule has 1 aromatic rings. The van der Waals surface area contributed by atoms with Gasteiger partial charge in [-0.05, 0) is 32.4 Å². The van der Waals surface area contributed by atoms with E-state index in [9.17, 15) is 14.9 Å². The predicted octanol–water partition coefficient (Wildman–Crippen LogP) is 3.22. The number of amides is 2. The average molecular weight is 465 g/mol. The van der Waals surface area contributed by atoms with Crippen LogP contribution in [0.15, 0.2) is 18.3 Å². The number of hydrogen-bond donors (Lipinski definition) is 0. The number of aromatic nitrogens is 1. The van der Waals surface area contributed by atoms with Gasteiger partial charge in [0.25, 0.3) is 5.91 Å². The van der Waals surface area contributed by atoms with Crippen LogP contribution in [-0.2, 0) is 9.59 Å². The summed E-state index contributed by atoms with van der Waals surface area (Å²) in [4.78, 5) is 33.4. The van der Waals surface area contributed by atoms with Crippen LogP contribution >= 0.6 is 35.7 Å². The van der Waals surface area contributed by atoms with Gasteiger partial charge >= 0.3 is 0 Å². The summed E-state index contributed by atoms with van der Waals surface area (Å²) in [6.45, 7) is 5.39. The zero-order chi connectivity index (χ0) is 22.5. The van der Waals surface area contributed by atoms with Gasteiger partial charge in [0, 0.05) is 32.8 Å². The number of carbonyl (C=O) groups is 2. The van der Waals surface area contributed by atoms with E-state index in [1.165, 1.54) is 35.5 Å². The first-order chi connectivity index (χ1) is 13.9. The summed E-state index contributed by atoms with van der Waals surface area (Å²) >= 11 is 8.05. The predicted molar refractivity (Wildman–Crippen MR) is 122 cm³/mol. The number of thioether (sulfide) groups is 2. The number of fused-ring (bicyclic) bond motifs is 1. The second-order valence-electron chi connectivity index (χ2n) is 8.37. The van der Waals surface area contributed by atoms with Crippen LogP contribution in [0.25, 0.3) is 0 Å². The lowest BCUT2D eigenvalue weighted by Crippen LogP contribution is -2.57. The highest BCUT2D eigenvalue weighted by Crippen LogP contribution is 2.62. The Labute approximate surface area is 190 Å². The molecule has 2 fully saturated rings. The molecule has 160 valence electrons. The number of pyridine rings is 1. The van der Waals surface area contributed by atoms with Gasteiger partial charge in [-0.1, -0.05) is 35.7 Å². The second-order valence-corrected chi connectivity index (χ2v) is 12.5. The van der Waals surface area contributed by atoms with Crippen LogP contribution in [0.5, 0.6) is 5.88 Å². The molecule has 0 unspecified atom stereocenters. The summed E-state index contributed by atoms with van der Waals surface area (Å²) in [5, 5.41) is 10.2. The molecule has 0 aromatic carbocycles. The summed E-state index contributed by atoms with van der Waals surface area (Å²) < 4.78 is 4.79. The van der Waals surface area contributed by atoms with Gasteiger partial charge in [-0.3, -0.25) is 9.59 Å². The highest BCUT2D eigenvalue weighted by molar-refractivity contribution is 8.48. The minimum atomic E-state index is -1.30. The van der Waals surface area contributed by atoms with Gasteiger partial charge in [-0.25, -0.2) is 4.98 Å². The topological polar surface area (TPSA) is 86.5 Å². The monoisotopic (exact) mass is 464 g/mol. The molecule has 7 nitrogen and oxygen atoms in total. The van der Waals surface area contributed by atoms with E-state index in [1.54, 1.807) is 58.1 Å². The number of hydrogen-bond acceptors (Lipinski definition) is 8. The first-order valence-electron chi connectivity index (χ1n) is 9.30. The van der Waals surface area contributed by atoms with Gasteiger partial charge in [0.15, 0.2) is 4.87 Å². The van der Waals surface area contributed by atoms with Crippen molar-refractivity contribution in [1.29, 1.82) is 5.26 Å². The van der Waals surface area contributed by atoms with Crippen molar-refractivity contribution in [2.45, 2.75) is 42.9 Å². The average Bonchev–Trinajstić information content (AvgIpc) is 2.91. The van der Waals surface area contributed by atoms with Crippen LogP contribution in [0.4, 0.5) is 0 Å². The molecule has 2 amide bonds. The molecule has 30 heavy (non-hydrogen) atoms. The molecule has 3 rings (SSSR count). The Morgan fingerprint density at radius 3 is 2.53 bits per heavy atom. The highest BCUT2D eigenvalue weighted by Gasteiger charge is 2.67. The quantitative estimate of drug-likeness (QED) is 0.630. The molecule has 0 saturated carbocycles. The molecule has 2 aliphatic rings. The summed E-state index contributed by atoms with van der Waals surface area (Å²) in [5.74, 6) is -0.0542. The van der Waals surface area contributed by atoms with Crippen molar-refractivity contribution in [2.24, 2.45) is 5.41 Å². The largest absolute Gasteiger partial charge is 0.481 e. The van der Waals surface area contributed by atoms with E-state index < -0.39 is 21.1 Å². The Balaban J connectivity index is 2.30. The molecule has 10 heteroatoms. The minimum absolute atomic E-state index is 0.164. The van der Waals surface area contributed by atoms with Gasteiger partial charge in [0.05, 0.1) is 29.4 Å². The Bertz CT molecular complexity index is 944. The Morgan fingerprint density at radius 2 is 2.03 bits per heavy atom. The van der Waals surface area contributed by atoms with Gasteiger partial charge in [0.1, 0.15) is 3.53 Å². The first kappa shape index (κ1) is 22.8. The third-order valence-corrected chi connectivity index (χ3v) is 8.33. The van der Waals surface area contributed by atoms with E-state index in [2.05, 4.69) is 11.1 Å². The number of thiocarbonyl (C=S) groups is 1. The van der Waals surface area contributed by atoms with E-state index in [-0.39, 0.29) is 18.2 Å². The lowest BCUT2D eigenvalue weighted by Gasteiger charge is -2.41. The number of carbonyl (C=O) groups excluding carboxylic acids is 2. The molecular formula is C20H24N4O3S3. The molecule has 0 bridgehead atoms. The van der Waals surface area contributed by atoms with Crippen molar-refractivity contribution in [3.05, 3.63) is 23.9 Å². The zero-order valence-corrected chi connectivity index (χ0v) is 20.2. The minimum Gasteiger partial charge on any atom is -0.481 e. The van der Waals surface area contributed by atoms with Crippen LogP contribution in [0.3, 0.4) is 0 Å². The smallest absolute Gasteiger partial charge is 0.259 e. The van der Waals surface area contributed by atoms with Crippen molar-refractivity contribution < 1.29 is 14.3 Å². The van der Waals surface area contributed by atoms with Crippen LogP contribution < -0.4 is 4.74 Å². The molecular weight excluding hydrogens is 440 g/mol. The molecule has 0 aliphatic carbocycles. The molecule has 3 atom stereocenters. The Hall–Kier alpha value is -1.83. The third-order valence-electron chi connectivity index (χ3n) is 5.46. The first-order valence-corrected chi connectivity index (χ1v) is 11.3. The highest BCUT2D eigenvalue weighted by atomic mass is 32.2. The van der Waals surface area contributed by atoms with Crippen molar-refractivity contribution >= 4 is 51.1 Å². The maximum atomic E-state index is 13.8. The van der Waals surface area contributed by atoms with Crippen LogP contribution in [0.1, 0.15) is 38.8 Å². The van der Waals surface area contributed by atoms with E-state index in [0.717, 1.165) is 0 Å². The SMILES string of the molecule is COc1ccc([C@@H]2N3C(=O)C(C)(C)SC(=S)S[C@]3(C(=O)N(C)C)C[C@]2(C)C#N)cn1. The number of ether oxygens (including phenoxy) is 1. The van der Waals surface area contributed by atoms with E-state index >= 15 is 0 Å². The number of nitriles is 1. The maximum absolute atomic E-state index is 13.8. The fraction of sp³-hybridized carbons (Fsp3) is 0.550. The van der Waals surface area contributed by atoms with Crippen molar-refractivity contribution in [1.82, 2.24) is 14.8 Å². The van der Waals surface area contributed by atoms with Gasteiger partial charge in [-0.2, -0.15) is 5.26 Å². The van der Waals surface area contributed by atoms with Crippen LogP contribution in [-0.4, -0.2) is 60.9 Å². The maximum Gasteiger partial charge on any atom is 0.259 e. The molecule has 0 spiro atoms. The van der Waals surface area contributed by atoms with E-state index in [0.29, 0.717) is 15.0 Å². The standard InChI is InChI=1S/C20H24N4O3S3/c1-18(2)15(25)24-14(12-7-8-13(27-6)22-9-12)19(3,11-21)10-20(24,16(26)23(4)5)30-17(28)29-18/h7-9,14H,10H2,1-6H3/t14-,19+,20-/m0/s1. The lowest BCUT2D eigenvalue weighted by atomic mass is 9.80. The van der Waals surface area contributed by atoms with Crippen LogP contribution in [0, 0.1) is 16.7 Å². The molecule has 1 aromatic heterocycles. The fourth-order valence-corrected chi connectivity index (χ4v) is 8.15. The van der Waals surface area contributed by atoms with E-state index in [1.807, 2.05) is 0 Å². The number of methoxy groups -OCH3 is 1. The molecule has 3 heterocycles. The summed E-state index contributed by atoms with van der Waals surface area (Å²) in [7, 11) is 4.82. The fourth-order valence-electron chi connectivity index (χ4n) is 4.10. The third kappa shape index (κ3) is 3.47. The normalized spacial score (nSPS) is 30.3. The molecule has 0 N–H and O–H groups in total. The molecule has 2 aliphatic heterocycles. The van der Waals surface area contributed by atoms with Gasteiger partial charge in [-0.15, -0.1) is 0 Å².